The molecule has 2 heterocycles. The van der Waals surface area contributed by atoms with Gasteiger partial charge >= 0.3 is 0 Å². The Morgan fingerprint density at radius 3 is 1.62 bits per heavy atom. The third kappa shape index (κ3) is 5.83. The zero-order valence-corrected chi connectivity index (χ0v) is 29.4. The fourth-order valence-corrected chi connectivity index (χ4v) is 9.39. The highest BCUT2D eigenvalue weighted by atomic mass is 15.0. The summed E-state index contributed by atoms with van der Waals surface area (Å²) < 4.78 is 2.52. The maximum atomic E-state index is 5.32. The van der Waals surface area contributed by atoms with Gasteiger partial charge in [0.25, 0.3) is 0 Å². The van der Waals surface area contributed by atoms with E-state index in [2.05, 4.69) is 139 Å². The number of rotatable bonds is 6. The van der Waals surface area contributed by atoms with Crippen LogP contribution in [0.25, 0.3) is 33.1 Å². The van der Waals surface area contributed by atoms with E-state index in [9.17, 15) is 0 Å². The van der Waals surface area contributed by atoms with Crippen molar-refractivity contribution in [1.29, 1.82) is 0 Å². The number of hydrogen-bond acceptors (Lipinski definition) is 1. The minimum atomic E-state index is 0.0696. The van der Waals surface area contributed by atoms with Crippen LogP contribution in [-0.2, 0) is 0 Å². The molecule has 5 aromatic carbocycles. The molecule has 6 aromatic rings. The Balaban J connectivity index is 1.13. The standard InChI is InChI=1S/C48H48N2/c1-33-42(32-45(37-18-10-4-11-19-37)49-48(33)38-20-12-5-13-21-38)36-22-26-41(27-23-36)50-46-28-24-39(34-14-6-2-7-15-34)30-43(46)44-31-40(25-29-47(44)50)35-16-8-3-9-17-35/h4-5,10-13,18-35,48H,2-3,6-9,14-17H2,1H3. The number of allylic oxidation sites excluding steroid dienone is 1. The first-order chi connectivity index (χ1) is 24.7. The summed E-state index contributed by atoms with van der Waals surface area (Å²) in [7, 11) is 0. The summed E-state index contributed by atoms with van der Waals surface area (Å²) in [6.45, 7) is 2.34. The molecule has 0 spiro atoms. The molecule has 2 aliphatic carbocycles. The van der Waals surface area contributed by atoms with Crippen molar-refractivity contribution < 1.29 is 0 Å². The second kappa shape index (κ2) is 13.6. The van der Waals surface area contributed by atoms with Gasteiger partial charge in [0, 0.05) is 22.4 Å². The lowest BCUT2D eigenvalue weighted by molar-refractivity contribution is 0.444. The van der Waals surface area contributed by atoms with E-state index < -0.39 is 0 Å². The molecule has 0 bridgehead atoms. The third-order valence-corrected chi connectivity index (χ3v) is 12.2. The molecule has 1 aromatic heterocycles. The summed E-state index contributed by atoms with van der Waals surface area (Å²) in [5, 5.41) is 2.84. The number of dihydropyridines is 1. The molecule has 2 atom stereocenters. The summed E-state index contributed by atoms with van der Waals surface area (Å²) in [6.07, 6.45) is 15.9. The average molecular weight is 653 g/mol. The largest absolute Gasteiger partial charge is 0.309 e. The summed E-state index contributed by atoms with van der Waals surface area (Å²) in [4.78, 5) is 5.32. The highest BCUT2D eigenvalue weighted by Crippen LogP contribution is 2.43. The fourth-order valence-electron chi connectivity index (χ4n) is 9.39. The molecule has 1 aliphatic heterocycles. The number of nitrogens with zero attached hydrogens (tertiary/aromatic N) is 2. The zero-order valence-electron chi connectivity index (χ0n) is 29.4. The Hall–Kier alpha value is -4.69. The van der Waals surface area contributed by atoms with Gasteiger partial charge in [0.15, 0.2) is 0 Å². The molecule has 9 rings (SSSR count). The quantitative estimate of drug-likeness (QED) is 0.170. The Kier molecular flexibility index (Phi) is 8.49. The van der Waals surface area contributed by atoms with Gasteiger partial charge in [0.1, 0.15) is 0 Å². The van der Waals surface area contributed by atoms with E-state index in [1.807, 2.05) is 0 Å². The van der Waals surface area contributed by atoms with Crippen molar-refractivity contribution in [2.45, 2.75) is 89.0 Å². The summed E-state index contributed by atoms with van der Waals surface area (Å²) in [6, 6.07) is 45.7. The molecule has 2 nitrogen and oxygen atoms in total. The molecule has 3 aliphatic rings. The molecule has 0 N–H and O–H groups in total. The van der Waals surface area contributed by atoms with Crippen molar-refractivity contribution in [1.82, 2.24) is 4.57 Å². The number of aliphatic imine (C=N–C) groups is 1. The van der Waals surface area contributed by atoms with Crippen molar-refractivity contribution in [2.24, 2.45) is 10.9 Å². The van der Waals surface area contributed by atoms with Crippen molar-refractivity contribution in [3.05, 3.63) is 155 Å². The smallest absolute Gasteiger partial charge is 0.0822 e. The molecule has 0 saturated heterocycles. The fraction of sp³-hybridized carbons (Fsp3) is 0.312. The second-order valence-electron chi connectivity index (χ2n) is 15.2. The van der Waals surface area contributed by atoms with Crippen LogP contribution in [0.3, 0.4) is 0 Å². The average Bonchev–Trinajstić information content (AvgIpc) is 3.52. The molecule has 50 heavy (non-hydrogen) atoms. The topological polar surface area (TPSA) is 17.3 Å². The number of fused-ring (bicyclic) bond motifs is 3. The van der Waals surface area contributed by atoms with Crippen LogP contribution in [0.15, 0.2) is 132 Å². The molecule has 250 valence electrons. The van der Waals surface area contributed by atoms with Crippen LogP contribution >= 0.6 is 0 Å². The molecule has 0 radical (unpaired) electrons. The summed E-state index contributed by atoms with van der Waals surface area (Å²) in [5.74, 6) is 1.64. The molecule has 2 fully saturated rings. The monoisotopic (exact) mass is 652 g/mol. The van der Waals surface area contributed by atoms with Gasteiger partial charge < -0.3 is 4.57 Å². The number of hydrogen-bond donors (Lipinski definition) is 0. The molecule has 2 saturated carbocycles. The van der Waals surface area contributed by atoms with Gasteiger partial charge in [-0.3, -0.25) is 4.99 Å². The number of benzene rings is 5. The predicted molar refractivity (Wildman–Crippen MR) is 212 cm³/mol. The normalized spacial score (nSPS) is 20.6. The Morgan fingerprint density at radius 2 is 1.06 bits per heavy atom. The summed E-state index contributed by atoms with van der Waals surface area (Å²) in [5.41, 5.74) is 13.0. The second-order valence-corrected chi connectivity index (χ2v) is 15.2. The van der Waals surface area contributed by atoms with Crippen molar-refractivity contribution >= 4 is 33.1 Å². The number of aromatic nitrogens is 1. The van der Waals surface area contributed by atoms with Crippen LogP contribution in [-0.4, -0.2) is 10.3 Å². The lowest BCUT2D eigenvalue weighted by Crippen LogP contribution is -2.18. The molecular weight excluding hydrogens is 605 g/mol. The van der Waals surface area contributed by atoms with Gasteiger partial charge in [0.05, 0.1) is 22.8 Å². The first-order valence-corrected chi connectivity index (χ1v) is 19.3. The van der Waals surface area contributed by atoms with E-state index in [-0.39, 0.29) is 12.0 Å². The zero-order chi connectivity index (χ0) is 33.4. The van der Waals surface area contributed by atoms with Gasteiger partial charge in [0.2, 0.25) is 0 Å². The minimum absolute atomic E-state index is 0.0696. The van der Waals surface area contributed by atoms with E-state index in [1.54, 1.807) is 0 Å². The Morgan fingerprint density at radius 1 is 0.520 bits per heavy atom. The van der Waals surface area contributed by atoms with E-state index in [1.165, 1.54) is 125 Å². The highest BCUT2D eigenvalue weighted by Gasteiger charge is 2.28. The van der Waals surface area contributed by atoms with Crippen molar-refractivity contribution in [3.63, 3.8) is 0 Å². The maximum Gasteiger partial charge on any atom is 0.0822 e. The van der Waals surface area contributed by atoms with E-state index in [0.717, 1.165) is 5.71 Å². The predicted octanol–water partition coefficient (Wildman–Crippen LogP) is 13.1. The van der Waals surface area contributed by atoms with Gasteiger partial charge in [-0.2, -0.15) is 0 Å². The van der Waals surface area contributed by atoms with Gasteiger partial charge in [-0.25, -0.2) is 0 Å². The lowest BCUT2D eigenvalue weighted by atomic mass is 9.81. The summed E-state index contributed by atoms with van der Waals surface area (Å²) >= 11 is 0. The first-order valence-electron chi connectivity index (χ1n) is 19.3. The van der Waals surface area contributed by atoms with Crippen LogP contribution in [0, 0.1) is 5.92 Å². The van der Waals surface area contributed by atoms with Gasteiger partial charge in [-0.05, 0) is 113 Å². The van der Waals surface area contributed by atoms with Gasteiger partial charge in [-0.15, -0.1) is 0 Å². The van der Waals surface area contributed by atoms with Crippen molar-refractivity contribution in [3.8, 4) is 5.69 Å². The Bertz CT molecular complexity index is 2100. The molecule has 2 unspecified atom stereocenters. The van der Waals surface area contributed by atoms with Crippen LogP contribution in [0.4, 0.5) is 0 Å². The van der Waals surface area contributed by atoms with Crippen LogP contribution in [0.2, 0.25) is 0 Å². The lowest BCUT2D eigenvalue weighted by Gasteiger charge is -2.29. The molecular formula is C48H48N2. The van der Waals surface area contributed by atoms with Crippen molar-refractivity contribution in [2.75, 3.05) is 0 Å². The first kappa shape index (κ1) is 31.3. The van der Waals surface area contributed by atoms with Crippen LogP contribution in [0.5, 0.6) is 0 Å². The maximum absolute atomic E-state index is 5.32. The SMILES string of the molecule is CC1C(c2ccc(-n3c4ccc(C5CCCCC5)cc4c4cc(C5CCCCC5)ccc43)cc2)=CC(c2ccccc2)=NC1c1ccccc1. The van der Waals surface area contributed by atoms with E-state index in [4.69, 9.17) is 4.99 Å². The third-order valence-electron chi connectivity index (χ3n) is 12.2. The minimum Gasteiger partial charge on any atom is -0.309 e. The Labute approximate surface area is 297 Å². The molecule has 2 heteroatoms. The van der Waals surface area contributed by atoms with E-state index >= 15 is 0 Å². The van der Waals surface area contributed by atoms with E-state index in [0.29, 0.717) is 11.8 Å². The van der Waals surface area contributed by atoms with Crippen LogP contribution < -0.4 is 0 Å². The van der Waals surface area contributed by atoms with Gasteiger partial charge in [-0.1, -0.05) is 130 Å². The highest BCUT2D eigenvalue weighted by molar-refractivity contribution is 6.13. The van der Waals surface area contributed by atoms with Crippen LogP contribution in [0.1, 0.15) is 117 Å². The molecule has 0 amide bonds.